The number of terminal acetylenes is 1. The number of carbonyl (C=O) groups is 6. The third-order valence-electron chi connectivity index (χ3n) is 12.9. The summed E-state index contributed by atoms with van der Waals surface area (Å²) in [5, 5.41) is 46.8. The molecule has 7 rings (SSSR count). The molecular formula is C57H62Br3N7O16. The molecule has 1 saturated heterocycles. The maximum Gasteiger partial charge on any atom is 0.335 e. The topological polar surface area (TPSA) is 310 Å². The third-order valence-corrected chi connectivity index (χ3v) is 15.6. The van der Waals surface area contributed by atoms with E-state index in [-0.39, 0.29) is 130 Å². The largest absolute Gasteiger partial charge is 0.479 e. The monoisotopic (exact) mass is 1340 g/mol. The van der Waals surface area contributed by atoms with Gasteiger partial charge in [-0.25, -0.2) is 14.3 Å². The molecule has 2 aromatic heterocycles. The van der Waals surface area contributed by atoms with E-state index in [9.17, 15) is 54.0 Å². The predicted molar refractivity (Wildman–Crippen MR) is 312 cm³/mol. The molecule has 23 nitrogen and oxygen atoms in total. The van der Waals surface area contributed by atoms with Crippen molar-refractivity contribution in [3.63, 3.8) is 0 Å². The van der Waals surface area contributed by atoms with Crippen molar-refractivity contribution in [1.82, 2.24) is 20.2 Å². The van der Waals surface area contributed by atoms with Crippen LogP contribution in [0.25, 0.3) is 10.9 Å². The lowest BCUT2D eigenvalue weighted by Gasteiger charge is -2.38. The number of nitrogens with zero attached hydrogens (tertiary/aromatic N) is 4. The quantitative estimate of drug-likeness (QED) is 0.00895. The Kier molecular flexibility index (Phi) is 24.6. The van der Waals surface area contributed by atoms with Crippen molar-refractivity contribution >= 4 is 105 Å². The first-order chi connectivity index (χ1) is 39.3. The summed E-state index contributed by atoms with van der Waals surface area (Å²) in [4.78, 5) is 98.2. The number of amides is 4. The maximum absolute atomic E-state index is 13.5. The second-order valence-electron chi connectivity index (χ2n) is 18.8. The van der Waals surface area contributed by atoms with E-state index >= 15 is 0 Å². The highest BCUT2D eigenvalue weighted by Crippen LogP contribution is 2.32. The van der Waals surface area contributed by atoms with Crippen LogP contribution in [0.15, 0.2) is 97.4 Å². The molecule has 5 atom stereocenters. The maximum atomic E-state index is 13.5. The number of pyridine rings is 1. The molecule has 1 fully saturated rings. The van der Waals surface area contributed by atoms with Crippen molar-refractivity contribution in [2.24, 2.45) is 0 Å². The molecule has 3 aromatic carbocycles. The van der Waals surface area contributed by atoms with E-state index < -0.39 is 54.4 Å². The van der Waals surface area contributed by atoms with Gasteiger partial charge in [0.05, 0.1) is 69.3 Å². The van der Waals surface area contributed by atoms with E-state index in [0.29, 0.717) is 40.8 Å². The number of Topliss-reactive ketones (excluding diaryl/α,β-unsaturated/α-hetero) is 1. The molecule has 0 radical (unpaired) electrons. The number of carbonyl (C=O) groups excluding carboxylic acids is 5. The highest BCUT2D eigenvalue weighted by Gasteiger charge is 2.48. The summed E-state index contributed by atoms with van der Waals surface area (Å²) in [5.74, 6) is -0.388. The van der Waals surface area contributed by atoms with E-state index in [1.807, 2.05) is 46.1 Å². The van der Waals surface area contributed by atoms with Gasteiger partial charge in [0.1, 0.15) is 38.9 Å². The summed E-state index contributed by atoms with van der Waals surface area (Å²) in [6.07, 6.45) is 0.359. The standard InChI is InChI=1S/C56H58Br3N7O16.CH3/c1-3-17-65(31-36-27-38-40(28-39(36)57)61-32(2)62-52(38)73)37-10-8-35(9-11-37)42(67)12-6-33-5-4-18-64(29-33)30-34-7-13-43(81-56-50(72)48(70)49(71)51(82-56)55(76)77)41(26-34)63-45(69)14-16-60-44(68)15-20-78-22-24-80-25-23-79-21-19-66-53(74)46(58)47(59)54(66)75;/h1,4-5,7-11,13,18,26-29,48-51,56,70-72H,6,12,14-17,19-25,30-31H2,2H3,(H3-,60,61,62,63,68,69,73,76,77);1H3/q;-1/p+1/t48-,49-,50+,51-,56+;/m0./s1. The summed E-state index contributed by atoms with van der Waals surface area (Å²) >= 11 is 9.76. The molecule has 26 heteroatoms. The van der Waals surface area contributed by atoms with Crippen LogP contribution in [0, 0.1) is 26.7 Å². The Morgan fingerprint density at radius 1 is 0.843 bits per heavy atom. The number of fused-ring (bicyclic) bond motifs is 1. The molecule has 0 unspecified atom stereocenters. The molecule has 2 aliphatic rings. The number of carboxylic acids is 1. The van der Waals surface area contributed by atoms with Crippen LogP contribution >= 0.6 is 47.8 Å². The van der Waals surface area contributed by atoms with E-state index in [2.05, 4.69) is 74.3 Å². The lowest BCUT2D eigenvalue weighted by Crippen LogP contribution is -2.61. The molecule has 2 aliphatic heterocycles. The number of anilines is 2. The average Bonchev–Trinajstić information content (AvgIpc) is 3.83. The summed E-state index contributed by atoms with van der Waals surface area (Å²) in [6.45, 7) is 3.73. The number of aryl methyl sites for hydroxylation is 2. The molecule has 7 N–H and O–H groups in total. The fourth-order valence-corrected chi connectivity index (χ4v) is 9.86. The van der Waals surface area contributed by atoms with Gasteiger partial charge in [-0.2, -0.15) is 0 Å². The molecule has 442 valence electrons. The number of aromatic amines is 1. The highest BCUT2D eigenvalue weighted by molar-refractivity contribution is 9.14. The first kappa shape index (κ1) is 65.4. The Morgan fingerprint density at radius 2 is 1.53 bits per heavy atom. The van der Waals surface area contributed by atoms with Crippen LogP contribution in [-0.4, -0.2) is 161 Å². The van der Waals surface area contributed by atoms with Gasteiger partial charge in [0.2, 0.25) is 18.1 Å². The lowest BCUT2D eigenvalue weighted by atomic mass is 9.99. The Bertz CT molecular complexity index is 3280. The molecule has 5 aromatic rings. The molecule has 0 spiro atoms. The van der Waals surface area contributed by atoms with Crippen molar-refractivity contribution < 1.29 is 77.4 Å². The van der Waals surface area contributed by atoms with Gasteiger partial charge in [-0.1, -0.05) is 21.9 Å². The van der Waals surface area contributed by atoms with Crippen LogP contribution in [0.5, 0.6) is 5.75 Å². The number of H-pyrrole nitrogens is 1. The number of hydrogen-bond donors (Lipinski definition) is 7. The average molecular weight is 1340 g/mol. The van der Waals surface area contributed by atoms with Crippen LogP contribution < -0.4 is 30.4 Å². The zero-order valence-electron chi connectivity index (χ0n) is 45.2. The smallest absolute Gasteiger partial charge is 0.335 e. The number of hydrogen-bond acceptors (Lipinski definition) is 17. The molecule has 0 saturated carbocycles. The third kappa shape index (κ3) is 17.9. The second-order valence-corrected chi connectivity index (χ2v) is 21.3. The molecular weight excluding hydrogens is 1280 g/mol. The van der Waals surface area contributed by atoms with Crippen molar-refractivity contribution in [3.05, 3.63) is 138 Å². The van der Waals surface area contributed by atoms with Gasteiger partial charge in [-0.05, 0) is 111 Å². The van der Waals surface area contributed by atoms with E-state index in [1.54, 1.807) is 43.3 Å². The first-order valence-corrected chi connectivity index (χ1v) is 28.1. The van der Waals surface area contributed by atoms with Crippen molar-refractivity contribution in [2.75, 3.05) is 69.5 Å². The number of carboxylic acid groups (broad SMARTS) is 1. The van der Waals surface area contributed by atoms with Crippen molar-refractivity contribution in [3.8, 4) is 18.1 Å². The van der Waals surface area contributed by atoms with Crippen LogP contribution in [0.2, 0.25) is 0 Å². The highest BCUT2D eigenvalue weighted by atomic mass is 79.9. The van der Waals surface area contributed by atoms with Crippen LogP contribution in [0.4, 0.5) is 11.4 Å². The van der Waals surface area contributed by atoms with Gasteiger partial charge >= 0.3 is 5.97 Å². The van der Waals surface area contributed by atoms with Crippen molar-refractivity contribution in [2.45, 2.75) is 76.4 Å². The number of aliphatic carboxylic acids is 1. The van der Waals surface area contributed by atoms with Crippen molar-refractivity contribution in [1.29, 1.82) is 0 Å². The van der Waals surface area contributed by atoms with Crippen LogP contribution in [0.1, 0.15) is 52.1 Å². The lowest BCUT2D eigenvalue weighted by molar-refractivity contribution is -0.688. The fourth-order valence-electron chi connectivity index (χ4n) is 8.64. The first-order valence-electron chi connectivity index (χ1n) is 25.7. The van der Waals surface area contributed by atoms with E-state index in [0.717, 1.165) is 26.2 Å². The Labute approximate surface area is 502 Å². The number of ether oxygens (including phenoxy) is 5. The number of aliphatic hydroxyl groups is 3. The Balaban J connectivity index is 0.0000111. The number of benzene rings is 3. The minimum Gasteiger partial charge on any atom is -0.479 e. The molecule has 4 heterocycles. The van der Waals surface area contributed by atoms with Gasteiger partial charge in [0.25, 0.3) is 17.4 Å². The van der Waals surface area contributed by atoms with E-state index in [4.69, 9.17) is 30.1 Å². The molecule has 0 bridgehead atoms. The number of aromatic nitrogens is 3. The van der Waals surface area contributed by atoms with Gasteiger partial charge in [0.15, 0.2) is 30.8 Å². The van der Waals surface area contributed by atoms with E-state index in [1.165, 1.54) is 6.07 Å². The Hall–Kier alpha value is -6.77. The number of nitrogens with one attached hydrogen (secondary N) is 3. The van der Waals surface area contributed by atoms with Gasteiger partial charge < -0.3 is 72.1 Å². The number of rotatable bonds is 29. The minimum absolute atomic E-state index is 0. The number of halogens is 3. The number of ketones is 1. The molecule has 83 heavy (non-hydrogen) atoms. The fraction of sp³-hybridized carbons (Fsp3) is 0.368. The van der Waals surface area contributed by atoms with Crippen LogP contribution in [0.3, 0.4) is 0 Å². The number of aliphatic hydroxyl groups excluding tert-OH is 3. The predicted octanol–water partition coefficient (Wildman–Crippen LogP) is 3.76. The summed E-state index contributed by atoms with van der Waals surface area (Å²) < 4.78 is 30.5. The zero-order valence-corrected chi connectivity index (χ0v) is 49.9. The zero-order chi connectivity index (χ0) is 59.0. The van der Waals surface area contributed by atoms with Gasteiger partial charge in [0, 0.05) is 65.3 Å². The van der Waals surface area contributed by atoms with Gasteiger partial charge in [-0.15, -0.1) is 6.42 Å². The second kappa shape index (κ2) is 31.2. The number of imide groups is 1. The van der Waals surface area contributed by atoms with Gasteiger partial charge in [-0.3, -0.25) is 33.7 Å². The summed E-state index contributed by atoms with van der Waals surface area (Å²) in [6, 6.07) is 19.2. The summed E-state index contributed by atoms with van der Waals surface area (Å²) in [7, 11) is 0. The minimum atomic E-state index is -1.96. The normalized spacial score (nSPS) is 17.7. The van der Waals surface area contributed by atoms with Crippen LogP contribution in [-0.2, 0) is 62.4 Å². The molecule has 0 aliphatic carbocycles. The summed E-state index contributed by atoms with van der Waals surface area (Å²) in [5.41, 5.74) is 4.04. The Morgan fingerprint density at radius 3 is 2.22 bits per heavy atom. The molecule has 4 amide bonds. The SMILES string of the molecule is C#CCN(Cc1cc2c(=O)[nH]c(C)nc2cc1Br)c1ccc(C(=O)CCc2ccc[n+](Cc3ccc(O[C@@H]4O[C@H](C(=O)O)[C@@H](O)[C@H](O)[C@H]4O)c(NC(=O)CCNC(=O)CCOCCOCCOCCN4C(=O)C(Br)=C(Br)C4=O)c3)c2)cc1.[CH3-].